The van der Waals surface area contributed by atoms with Crippen LogP contribution >= 0.6 is 15.9 Å². The number of methoxy groups -OCH3 is 1. The highest BCUT2D eigenvalue weighted by atomic mass is 79.9. The number of amides is 1. The smallest absolute Gasteiger partial charge is 0.244 e. The molecule has 1 aromatic carbocycles. The maximum Gasteiger partial charge on any atom is 0.244 e. The monoisotopic (exact) mass is 379 g/mol. The van der Waals surface area contributed by atoms with Crippen molar-refractivity contribution in [2.45, 2.75) is 30.7 Å². The number of hydrogen-bond acceptors (Lipinski definition) is 5. The minimum Gasteiger partial charge on any atom is -0.495 e. The molecule has 21 heavy (non-hydrogen) atoms. The number of carbonyl (C=O) groups excluding carboxylic acids is 1. The lowest BCUT2D eigenvalue weighted by atomic mass is 10.0. The first-order valence-corrected chi connectivity index (χ1v) is 8.21. The number of nitrogens with one attached hydrogen (secondary N) is 1. The molecule has 0 aliphatic heterocycles. The number of anilines is 1. The highest BCUT2D eigenvalue weighted by Gasteiger charge is 2.30. The van der Waals surface area contributed by atoms with E-state index in [-0.39, 0.29) is 22.8 Å². The first kappa shape index (κ1) is 17.7. The average Bonchev–Trinajstić information content (AvgIpc) is 2.28. The van der Waals surface area contributed by atoms with E-state index in [1.54, 1.807) is 13.8 Å². The number of nitrogens with two attached hydrogens (primary N) is 2. The van der Waals surface area contributed by atoms with Crippen LogP contribution in [0.5, 0.6) is 5.75 Å². The minimum absolute atomic E-state index is 0.108. The molecule has 0 bridgehead atoms. The number of halogens is 1. The molecular weight excluding hydrogens is 362 g/mol. The number of benzene rings is 1. The molecule has 0 atom stereocenters. The third-order valence-electron chi connectivity index (χ3n) is 2.60. The van der Waals surface area contributed by atoms with Crippen LogP contribution in [0.25, 0.3) is 0 Å². The normalized spacial score (nSPS) is 12.2. The van der Waals surface area contributed by atoms with E-state index in [9.17, 15) is 13.2 Å². The number of rotatable bonds is 6. The predicted molar refractivity (Wildman–Crippen MR) is 83.3 cm³/mol. The fraction of sp³-hybridized carbons (Fsp3) is 0.417. The Morgan fingerprint density at radius 3 is 2.48 bits per heavy atom. The number of hydrogen-bond donors (Lipinski definition) is 3. The van der Waals surface area contributed by atoms with E-state index in [4.69, 9.17) is 16.2 Å². The lowest BCUT2D eigenvalue weighted by Gasteiger charge is -2.25. The molecule has 0 heterocycles. The van der Waals surface area contributed by atoms with Gasteiger partial charge in [-0.25, -0.2) is 13.1 Å². The van der Waals surface area contributed by atoms with Crippen LogP contribution in [0.15, 0.2) is 21.5 Å². The SMILES string of the molecule is COc1cc(Br)c(N)cc1S(=O)(=O)NC(C)(C)CC(N)=O. The van der Waals surface area contributed by atoms with Crippen molar-refractivity contribution in [3.8, 4) is 5.75 Å². The Labute approximate surface area is 132 Å². The summed E-state index contributed by atoms with van der Waals surface area (Å²) in [6.07, 6.45) is -0.138. The Hall–Kier alpha value is -1.32. The third-order valence-corrected chi connectivity index (χ3v) is 5.01. The van der Waals surface area contributed by atoms with Crippen LogP contribution in [0.2, 0.25) is 0 Å². The zero-order chi connectivity index (χ0) is 16.4. The maximum absolute atomic E-state index is 12.5. The third kappa shape index (κ3) is 4.58. The first-order valence-electron chi connectivity index (χ1n) is 5.94. The number of sulfonamides is 1. The molecule has 1 aromatic rings. The van der Waals surface area contributed by atoms with E-state index in [0.717, 1.165) is 0 Å². The van der Waals surface area contributed by atoms with Crippen molar-refractivity contribution < 1.29 is 17.9 Å². The van der Waals surface area contributed by atoms with Crippen LogP contribution in [-0.2, 0) is 14.8 Å². The Kier molecular flexibility index (Phi) is 5.24. The maximum atomic E-state index is 12.5. The molecule has 7 nitrogen and oxygen atoms in total. The van der Waals surface area contributed by atoms with Crippen molar-refractivity contribution in [2.24, 2.45) is 5.73 Å². The molecule has 1 rings (SSSR count). The van der Waals surface area contributed by atoms with Crippen molar-refractivity contribution >= 4 is 37.5 Å². The molecule has 0 spiro atoms. The molecule has 0 saturated heterocycles. The van der Waals surface area contributed by atoms with Crippen molar-refractivity contribution in [1.82, 2.24) is 4.72 Å². The van der Waals surface area contributed by atoms with E-state index in [2.05, 4.69) is 20.7 Å². The summed E-state index contributed by atoms with van der Waals surface area (Å²) in [6, 6.07) is 2.75. The fourth-order valence-electron chi connectivity index (χ4n) is 1.81. The molecule has 0 unspecified atom stereocenters. The van der Waals surface area contributed by atoms with Gasteiger partial charge in [0.2, 0.25) is 15.9 Å². The molecule has 0 aliphatic rings. The topological polar surface area (TPSA) is 125 Å². The standard InChI is InChI=1S/C12H18BrN3O4S/c1-12(2,6-11(15)17)16-21(18,19)10-5-8(14)7(13)4-9(10)20-3/h4-5,16H,6,14H2,1-3H3,(H2,15,17). The molecule has 118 valence electrons. The second-order valence-corrected chi connectivity index (χ2v) is 7.66. The zero-order valence-corrected chi connectivity index (χ0v) is 14.3. The van der Waals surface area contributed by atoms with Crippen LogP contribution in [-0.4, -0.2) is 27.0 Å². The van der Waals surface area contributed by atoms with E-state index < -0.39 is 21.5 Å². The summed E-state index contributed by atoms with van der Waals surface area (Å²) >= 11 is 3.20. The van der Waals surface area contributed by atoms with Crippen LogP contribution < -0.4 is 20.9 Å². The highest BCUT2D eigenvalue weighted by Crippen LogP contribution is 2.32. The summed E-state index contributed by atoms with van der Waals surface area (Å²) in [6.45, 7) is 3.12. The molecule has 9 heteroatoms. The highest BCUT2D eigenvalue weighted by molar-refractivity contribution is 9.10. The Morgan fingerprint density at radius 1 is 1.43 bits per heavy atom. The first-order chi connectivity index (χ1) is 9.48. The van der Waals surface area contributed by atoms with Gasteiger partial charge in [-0.3, -0.25) is 4.79 Å². The largest absolute Gasteiger partial charge is 0.495 e. The summed E-state index contributed by atoms with van der Waals surface area (Å²) in [4.78, 5) is 10.9. The number of ether oxygens (including phenoxy) is 1. The van der Waals surface area contributed by atoms with Crippen molar-refractivity contribution in [1.29, 1.82) is 0 Å². The van der Waals surface area contributed by atoms with Gasteiger partial charge in [0.25, 0.3) is 0 Å². The van der Waals surface area contributed by atoms with Gasteiger partial charge in [-0.2, -0.15) is 0 Å². The summed E-state index contributed by atoms with van der Waals surface area (Å²) in [5, 5.41) is 0. The zero-order valence-electron chi connectivity index (χ0n) is 11.9. The van der Waals surface area contributed by atoms with E-state index >= 15 is 0 Å². The minimum atomic E-state index is -3.93. The second kappa shape index (κ2) is 6.20. The molecular formula is C12H18BrN3O4S. The Bertz CT molecular complexity index is 659. The van der Waals surface area contributed by atoms with Gasteiger partial charge in [-0.1, -0.05) is 0 Å². The van der Waals surface area contributed by atoms with Gasteiger partial charge < -0.3 is 16.2 Å². The number of carbonyl (C=O) groups is 1. The van der Waals surface area contributed by atoms with Gasteiger partial charge in [0, 0.05) is 22.1 Å². The summed E-state index contributed by atoms with van der Waals surface area (Å²) in [7, 11) is -2.58. The van der Waals surface area contributed by atoms with Crippen LogP contribution in [0.4, 0.5) is 5.69 Å². The van der Waals surface area contributed by atoms with Gasteiger partial charge in [0.05, 0.1) is 7.11 Å². The molecule has 1 amide bonds. The predicted octanol–water partition coefficient (Wildman–Crippen LogP) is 0.972. The lowest BCUT2D eigenvalue weighted by molar-refractivity contribution is -0.119. The Balaban J connectivity index is 3.25. The average molecular weight is 380 g/mol. The number of primary amides is 1. The van der Waals surface area contributed by atoms with Gasteiger partial charge >= 0.3 is 0 Å². The Morgan fingerprint density at radius 2 is 2.00 bits per heavy atom. The molecule has 0 aromatic heterocycles. The van der Waals surface area contributed by atoms with Crippen molar-refractivity contribution in [3.05, 3.63) is 16.6 Å². The van der Waals surface area contributed by atoms with E-state index in [0.29, 0.717) is 4.47 Å². The molecule has 0 aliphatic carbocycles. The van der Waals surface area contributed by atoms with E-state index in [1.165, 1.54) is 19.2 Å². The quantitative estimate of drug-likeness (QED) is 0.635. The molecule has 0 radical (unpaired) electrons. The molecule has 0 fully saturated rings. The van der Waals surface area contributed by atoms with Crippen LogP contribution in [0.3, 0.4) is 0 Å². The van der Waals surface area contributed by atoms with Crippen molar-refractivity contribution in [2.75, 3.05) is 12.8 Å². The van der Waals surface area contributed by atoms with Gasteiger partial charge in [0.1, 0.15) is 10.6 Å². The fourth-order valence-corrected chi connectivity index (χ4v) is 3.73. The van der Waals surface area contributed by atoms with Gasteiger partial charge in [0.15, 0.2) is 0 Å². The summed E-state index contributed by atoms with van der Waals surface area (Å²) < 4.78 is 32.9. The summed E-state index contributed by atoms with van der Waals surface area (Å²) in [5.41, 5.74) is 10.1. The van der Waals surface area contributed by atoms with E-state index in [1.807, 2.05) is 0 Å². The molecule has 5 N–H and O–H groups in total. The van der Waals surface area contributed by atoms with Crippen LogP contribution in [0, 0.1) is 0 Å². The summed E-state index contributed by atoms with van der Waals surface area (Å²) in [5.74, 6) is -0.469. The van der Waals surface area contributed by atoms with Gasteiger partial charge in [-0.05, 0) is 41.9 Å². The number of nitrogen functional groups attached to an aromatic ring is 1. The van der Waals surface area contributed by atoms with Crippen molar-refractivity contribution in [3.63, 3.8) is 0 Å². The lowest BCUT2D eigenvalue weighted by Crippen LogP contribution is -2.45. The second-order valence-electron chi connectivity index (χ2n) is 5.16. The van der Waals surface area contributed by atoms with Gasteiger partial charge in [-0.15, -0.1) is 0 Å². The van der Waals surface area contributed by atoms with Crippen LogP contribution in [0.1, 0.15) is 20.3 Å². The molecule has 0 saturated carbocycles.